The van der Waals surface area contributed by atoms with E-state index in [9.17, 15) is 0 Å². The van der Waals surface area contributed by atoms with Crippen LogP contribution in [0.25, 0.3) is 0 Å². The Morgan fingerprint density at radius 1 is 1.21 bits per heavy atom. The molecule has 0 aliphatic rings. The van der Waals surface area contributed by atoms with Gasteiger partial charge in [0.05, 0.1) is 10.9 Å². The van der Waals surface area contributed by atoms with Crippen LogP contribution in [0.3, 0.4) is 0 Å². The molecule has 0 radical (unpaired) electrons. The molecule has 2 aromatic rings. The molecule has 0 fully saturated rings. The first-order valence-corrected chi connectivity index (χ1v) is 7.54. The number of hydrogen-bond donors (Lipinski definition) is 1. The molecule has 0 bridgehead atoms. The second-order valence-corrected chi connectivity index (χ2v) is 6.71. The Morgan fingerprint density at radius 3 is 2.42 bits per heavy atom. The summed E-state index contributed by atoms with van der Waals surface area (Å²) in [7, 11) is 2.09. The molecule has 0 aliphatic heterocycles. The molecule has 0 saturated carbocycles. The molecule has 1 unspecified atom stereocenters. The summed E-state index contributed by atoms with van der Waals surface area (Å²) in [4.78, 5) is 3.49. The van der Waals surface area contributed by atoms with E-state index >= 15 is 0 Å². The Labute approximate surface area is 123 Å². The molecule has 4 heteroatoms. The maximum Gasteiger partial charge on any atom is 0.0931 e. The lowest BCUT2D eigenvalue weighted by Crippen LogP contribution is -2.18. The summed E-state index contributed by atoms with van der Waals surface area (Å²) >= 11 is 7.58. The maximum absolute atomic E-state index is 5.95. The fourth-order valence-corrected chi connectivity index (χ4v) is 3.16. The normalized spacial score (nSPS) is 12.4. The number of nitrogens with zero attached hydrogens (tertiary/aromatic N) is 1. The molecule has 2 N–H and O–H groups in total. The summed E-state index contributed by atoms with van der Waals surface area (Å²) in [6, 6.07) is 12.8. The smallest absolute Gasteiger partial charge is 0.0931 e. The molecule has 2 rings (SSSR count). The van der Waals surface area contributed by atoms with E-state index in [2.05, 4.69) is 42.3 Å². The first-order chi connectivity index (χ1) is 9.04. The van der Waals surface area contributed by atoms with Crippen LogP contribution in [0.15, 0.2) is 36.4 Å². The van der Waals surface area contributed by atoms with Gasteiger partial charge in [-0.3, -0.25) is 0 Å². The molecule has 0 spiro atoms. The lowest BCUT2D eigenvalue weighted by molar-refractivity contribution is 0.738. The van der Waals surface area contributed by atoms with Crippen LogP contribution in [0.2, 0.25) is 4.34 Å². The van der Waals surface area contributed by atoms with Crippen molar-refractivity contribution in [2.24, 2.45) is 5.73 Å². The second-order valence-electron chi connectivity index (χ2n) is 4.91. The van der Waals surface area contributed by atoms with Gasteiger partial charge >= 0.3 is 0 Å². The van der Waals surface area contributed by atoms with Gasteiger partial charge in [-0.15, -0.1) is 11.3 Å². The largest absolute Gasteiger partial charge is 0.369 e. The third kappa shape index (κ3) is 4.23. The number of thiophene rings is 1. The number of rotatable bonds is 5. The summed E-state index contributed by atoms with van der Waals surface area (Å²) < 4.78 is 0.843. The Hall–Kier alpha value is -1.03. The monoisotopic (exact) mass is 294 g/mol. The molecule has 1 aromatic carbocycles. The van der Waals surface area contributed by atoms with Crippen molar-refractivity contribution in [1.82, 2.24) is 0 Å². The van der Waals surface area contributed by atoms with Gasteiger partial charge in [0.2, 0.25) is 0 Å². The zero-order chi connectivity index (χ0) is 13.8. The van der Waals surface area contributed by atoms with Gasteiger partial charge in [0.1, 0.15) is 0 Å². The third-order valence-corrected chi connectivity index (χ3v) is 4.17. The van der Waals surface area contributed by atoms with Gasteiger partial charge in [0, 0.05) is 23.7 Å². The third-order valence-electron chi connectivity index (χ3n) is 2.96. The number of benzene rings is 1. The van der Waals surface area contributed by atoms with Gasteiger partial charge in [-0.05, 0) is 43.2 Å². The minimum absolute atomic E-state index is 0.205. The first kappa shape index (κ1) is 14.4. The van der Waals surface area contributed by atoms with Crippen LogP contribution in [-0.4, -0.2) is 13.1 Å². The first-order valence-electron chi connectivity index (χ1n) is 6.34. The zero-order valence-corrected chi connectivity index (χ0v) is 12.8. The Balaban J connectivity index is 2.01. The van der Waals surface area contributed by atoms with E-state index in [0.29, 0.717) is 0 Å². The molecule has 2 nitrogen and oxygen atoms in total. The fraction of sp³-hybridized carbons (Fsp3) is 0.333. The van der Waals surface area contributed by atoms with Crippen molar-refractivity contribution < 1.29 is 0 Å². The molecule has 0 amide bonds. The maximum atomic E-state index is 5.95. The van der Waals surface area contributed by atoms with Crippen molar-refractivity contribution in [2.75, 3.05) is 11.9 Å². The topological polar surface area (TPSA) is 29.3 Å². The van der Waals surface area contributed by atoms with Crippen molar-refractivity contribution in [1.29, 1.82) is 0 Å². The Kier molecular flexibility index (Phi) is 4.86. The quantitative estimate of drug-likeness (QED) is 0.905. The average Bonchev–Trinajstić information content (AvgIpc) is 2.75. The van der Waals surface area contributed by atoms with Crippen LogP contribution in [0.4, 0.5) is 5.69 Å². The number of hydrogen-bond acceptors (Lipinski definition) is 3. The summed E-state index contributed by atoms with van der Waals surface area (Å²) in [6.07, 6.45) is 0.921. The molecule has 19 heavy (non-hydrogen) atoms. The summed E-state index contributed by atoms with van der Waals surface area (Å²) in [5, 5.41) is 0. The van der Waals surface area contributed by atoms with Crippen LogP contribution in [0, 0.1) is 0 Å². The summed E-state index contributed by atoms with van der Waals surface area (Å²) in [6.45, 7) is 2.91. The number of anilines is 1. The highest BCUT2D eigenvalue weighted by atomic mass is 35.5. The minimum atomic E-state index is 0.205. The average molecular weight is 295 g/mol. The van der Waals surface area contributed by atoms with E-state index < -0.39 is 0 Å². The van der Waals surface area contributed by atoms with Crippen molar-refractivity contribution in [3.05, 3.63) is 51.2 Å². The van der Waals surface area contributed by atoms with Crippen molar-refractivity contribution in [3.8, 4) is 0 Å². The highest BCUT2D eigenvalue weighted by Gasteiger charge is 2.05. The van der Waals surface area contributed by atoms with Gasteiger partial charge in [0.25, 0.3) is 0 Å². The van der Waals surface area contributed by atoms with Gasteiger partial charge in [-0.25, -0.2) is 0 Å². The molecular weight excluding hydrogens is 276 g/mol. The van der Waals surface area contributed by atoms with Crippen LogP contribution in [0.1, 0.15) is 17.4 Å². The molecular formula is C15H19ClN2S. The van der Waals surface area contributed by atoms with E-state index in [-0.39, 0.29) is 6.04 Å². The zero-order valence-electron chi connectivity index (χ0n) is 11.3. The van der Waals surface area contributed by atoms with E-state index in [1.807, 2.05) is 13.0 Å². The predicted molar refractivity (Wildman–Crippen MR) is 85.2 cm³/mol. The van der Waals surface area contributed by atoms with Crippen LogP contribution >= 0.6 is 22.9 Å². The van der Waals surface area contributed by atoms with Gasteiger partial charge < -0.3 is 10.6 Å². The standard InChI is InChI=1S/C15H19ClN2S/c1-11(17)9-12-3-5-13(6-4-12)18(2)10-14-7-8-15(16)19-14/h3-8,11H,9-10,17H2,1-2H3. The van der Waals surface area contributed by atoms with E-state index in [0.717, 1.165) is 17.3 Å². The Morgan fingerprint density at radius 2 is 1.89 bits per heavy atom. The van der Waals surface area contributed by atoms with E-state index in [1.165, 1.54) is 16.1 Å². The SMILES string of the molecule is CC(N)Cc1ccc(N(C)Cc2ccc(Cl)s2)cc1. The highest BCUT2D eigenvalue weighted by molar-refractivity contribution is 7.16. The molecule has 0 saturated heterocycles. The van der Waals surface area contributed by atoms with Crippen LogP contribution < -0.4 is 10.6 Å². The molecule has 1 atom stereocenters. The number of nitrogens with two attached hydrogens (primary N) is 1. The predicted octanol–water partition coefficient (Wildman–Crippen LogP) is 3.93. The molecule has 102 valence electrons. The Bertz CT molecular complexity index is 519. The lowest BCUT2D eigenvalue weighted by atomic mass is 10.1. The van der Waals surface area contributed by atoms with Crippen LogP contribution in [-0.2, 0) is 13.0 Å². The molecule has 0 aliphatic carbocycles. The van der Waals surface area contributed by atoms with Crippen molar-refractivity contribution in [2.45, 2.75) is 25.9 Å². The van der Waals surface area contributed by atoms with Crippen LogP contribution in [0.5, 0.6) is 0 Å². The van der Waals surface area contributed by atoms with Gasteiger partial charge in [-0.1, -0.05) is 23.7 Å². The molecule has 1 aromatic heterocycles. The lowest BCUT2D eigenvalue weighted by Gasteiger charge is -2.19. The van der Waals surface area contributed by atoms with Gasteiger partial charge in [0.15, 0.2) is 0 Å². The van der Waals surface area contributed by atoms with E-state index in [4.69, 9.17) is 17.3 Å². The second kappa shape index (κ2) is 6.42. The fourth-order valence-electron chi connectivity index (χ4n) is 2.02. The summed E-state index contributed by atoms with van der Waals surface area (Å²) in [5.41, 5.74) is 8.30. The summed E-state index contributed by atoms with van der Waals surface area (Å²) in [5.74, 6) is 0. The minimum Gasteiger partial charge on any atom is -0.369 e. The highest BCUT2D eigenvalue weighted by Crippen LogP contribution is 2.24. The molecule has 1 heterocycles. The van der Waals surface area contributed by atoms with Crippen molar-refractivity contribution in [3.63, 3.8) is 0 Å². The van der Waals surface area contributed by atoms with Crippen molar-refractivity contribution >= 4 is 28.6 Å². The van der Waals surface area contributed by atoms with E-state index in [1.54, 1.807) is 11.3 Å². The number of halogens is 1. The van der Waals surface area contributed by atoms with Gasteiger partial charge in [-0.2, -0.15) is 0 Å².